The summed E-state index contributed by atoms with van der Waals surface area (Å²) in [6.07, 6.45) is 1.37. The predicted molar refractivity (Wildman–Crippen MR) is 160 cm³/mol. The lowest BCUT2D eigenvalue weighted by molar-refractivity contribution is 0.0276. The molecule has 0 aliphatic heterocycles. The number of hydrogen-bond acceptors (Lipinski definition) is 7. The average molecular weight is 586 g/mol. The molecule has 0 spiro atoms. The number of ether oxygens (including phenoxy) is 3. The number of nitrogens with zero attached hydrogens (tertiary/aromatic N) is 3. The first-order valence-corrected chi connectivity index (χ1v) is 13.6. The minimum Gasteiger partial charge on any atom is -0.493 e. The number of benzene rings is 3. The van der Waals surface area contributed by atoms with E-state index in [0.717, 1.165) is 0 Å². The predicted octanol–water partition coefficient (Wildman–Crippen LogP) is 5.55. The summed E-state index contributed by atoms with van der Waals surface area (Å²) in [6, 6.07) is 18.3. The van der Waals surface area contributed by atoms with Gasteiger partial charge in [0, 0.05) is 36.8 Å². The van der Waals surface area contributed by atoms with E-state index in [0.29, 0.717) is 45.1 Å². The fraction of sp³-hybridized carbons (Fsp3) is 0.242. The Hall–Kier alpha value is -4.96. The molecule has 1 N–H and O–H groups in total. The van der Waals surface area contributed by atoms with Crippen molar-refractivity contribution < 1.29 is 28.5 Å². The lowest BCUT2D eigenvalue weighted by atomic mass is 10.0. The molecule has 0 saturated carbocycles. The fourth-order valence-corrected chi connectivity index (χ4v) is 4.76. The van der Waals surface area contributed by atoms with Gasteiger partial charge < -0.3 is 19.3 Å². The summed E-state index contributed by atoms with van der Waals surface area (Å²) in [5.74, 6) is 0.000855. The first-order valence-electron chi connectivity index (χ1n) is 13.6. The number of carbonyl (C=O) groups excluding carboxylic acids is 1. The minimum absolute atomic E-state index is 0.0398. The normalized spacial score (nSPS) is 11.5. The molecular weight excluding hydrogens is 553 g/mol. The monoisotopic (exact) mass is 585 g/mol. The lowest BCUT2D eigenvalue weighted by Gasteiger charge is -2.19. The molecular formula is C33H32FN3O6. The summed E-state index contributed by atoms with van der Waals surface area (Å²) in [5.41, 5.74) is 0.676. The number of ketones is 1. The zero-order chi connectivity index (χ0) is 30.9. The van der Waals surface area contributed by atoms with Crippen molar-refractivity contribution in [3.05, 3.63) is 106 Å². The van der Waals surface area contributed by atoms with E-state index in [4.69, 9.17) is 14.2 Å². The van der Waals surface area contributed by atoms with Gasteiger partial charge in [-0.3, -0.25) is 19.3 Å². The Labute approximate surface area is 247 Å². The van der Waals surface area contributed by atoms with Crippen LogP contribution >= 0.6 is 0 Å². The van der Waals surface area contributed by atoms with Crippen molar-refractivity contribution in [3.8, 4) is 28.7 Å². The van der Waals surface area contributed by atoms with Gasteiger partial charge in [-0.15, -0.1) is 0 Å². The molecule has 43 heavy (non-hydrogen) atoms. The molecule has 0 atom stereocenters. The highest BCUT2D eigenvalue weighted by atomic mass is 19.1. The highest BCUT2D eigenvalue weighted by molar-refractivity contribution is 5.98. The zero-order valence-corrected chi connectivity index (χ0v) is 24.6. The molecule has 0 bridgehead atoms. The van der Waals surface area contributed by atoms with E-state index in [2.05, 4.69) is 4.98 Å². The molecule has 2 heterocycles. The number of fused-ring (bicyclic) bond motifs is 1. The van der Waals surface area contributed by atoms with Crippen LogP contribution < -0.4 is 19.8 Å². The molecule has 0 fully saturated rings. The number of aromatic nitrogens is 3. The van der Waals surface area contributed by atoms with E-state index in [-0.39, 0.29) is 24.3 Å². The van der Waals surface area contributed by atoms with Gasteiger partial charge in [0.05, 0.1) is 23.9 Å². The summed E-state index contributed by atoms with van der Waals surface area (Å²) in [7, 11) is 3.21. The molecule has 0 aliphatic carbocycles. The van der Waals surface area contributed by atoms with Gasteiger partial charge in [-0.2, -0.15) is 0 Å². The van der Waals surface area contributed by atoms with Gasteiger partial charge in [-0.05, 0) is 62.7 Å². The second-order valence-corrected chi connectivity index (χ2v) is 10.8. The number of rotatable bonds is 10. The van der Waals surface area contributed by atoms with Crippen LogP contribution in [0, 0.1) is 12.7 Å². The second kappa shape index (κ2) is 11.7. The SMILES string of the molecule is COc1cc2c(Oc3ccc(CC(=O)c4c(C)n(C)n(-c5ccccc5)c4=O)cc3F)ccnc2cc1OCC(C)(C)O. The molecule has 10 heteroatoms. The summed E-state index contributed by atoms with van der Waals surface area (Å²) >= 11 is 0. The molecule has 5 rings (SSSR count). The van der Waals surface area contributed by atoms with Gasteiger partial charge in [0.15, 0.2) is 28.8 Å². The van der Waals surface area contributed by atoms with Crippen molar-refractivity contribution >= 4 is 16.7 Å². The van der Waals surface area contributed by atoms with Gasteiger partial charge in [0.25, 0.3) is 5.56 Å². The molecule has 0 aliphatic rings. The van der Waals surface area contributed by atoms with Gasteiger partial charge >= 0.3 is 0 Å². The number of methoxy groups -OCH3 is 1. The highest BCUT2D eigenvalue weighted by Gasteiger charge is 2.23. The van der Waals surface area contributed by atoms with Crippen LogP contribution in [0.25, 0.3) is 16.6 Å². The Balaban J connectivity index is 1.38. The third-order valence-corrected chi connectivity index (χ3v) is 6.98. The first kappa shape index (κ1) is 29.5. The molecule has 0 saturated heterocycles. The topological polar surface area (TPSA) is 105 Å². The Kier molecular flexibility index (Phi) is 8.06. The van der Waals surface area contributed by atoms with Gasteiger partial charge in [-0.1, -0.05) is 24.3 Å². The second-order valence-electron chi connectivity index (χ2n) is 10.8. The van der Waals surface area contributed by atoms with Crippen molar-refractivity contribution in [2.75, 3.05) is 13.7 Å². The fourth-order valence-electron chi connectivity index (χ4n) is 4.76. The number of Topliss-reactive ketones (excluding diaryl/α,β-unsaturated/α-hetero) is 1. The Morgan fingerprint density at radius 1 is 1.00 bits per heavy atom. The maximum atomic E-state index is 15.3. The molecule has 0 unspecified atom stereocenters. The number of carbonyl (C=O) groups is 1. The molecule has 222 valence electrons. The third-order valence-electron chi connectivity index (χ3n) is 6.98. The Morgan fingerprint density at radius 3 is 2.42 bits per heavy atom. The summed E-state index contributed by atoms with van der Waals surface area (Å²) in [4.78, 5) is 30.8. The van der Waals surface area contributed by atoms with Crippen molar-refractivity contribution in [1.82, 2.24) is 14.3 Å². The van der Waals surface area contributed by atoms with Crippen LogP contribution in [-0.2, 0) is 13.5 Å². The van der Waals surface area contributed by atoms with Crippen LogP contribution in [0.3, 0.4) is 0 Å². The van der Waals surface area contributed by atoms with Crippen molar-refractivity contribution in [1.29, 1.82) is 0 Å². The van der Waals surface area contributed by atoms with E-state index in [1.165, 1.54) is 30.1 Å². The van der Waals surface area contributed by atoms with E-state index >= 15 is 4.39 Å². The summed E-state index contributed by atoms with van der Waals surface area (Å²) < 4.78 is 35.5. The molecule has 5 aromatic rings. The zero-order valence-electron chi connectivity index (χ0n) is 24.6. The van der Waals surface area contributed by atoms with Crippen molar-refractivity contribution in [2.45, 2.75) is 32.8 Å². The van der Waals surface area contributed by atoms with Crippen LogP contribution in [0.5, 0.6) is 23.0 Å². The van der Waals surface area contributed by atoms with Crippen LogP contribution in [0.1, 0.15) is 35.5 Å². The van der Waals surface area contributed by atoms with Gasteiger partial charge in [-0.25, -0.2) is 9.07 Å². The lowest BCUT2D eigenvalue weighted by Crippen LogP contribution is -2.27. The molecule has 0 amide bonds. The number of para-hydroxylation sites is 1. The molecule has 0 radical (unpaired) electrons. The maximum Gasteiger partial charge on any atom is 0.282 e. The van der Waals surface area contributed by atoms with E-state index < -0.39 is 22.8 Å². The van der Waals surface area contributed by atoms with E-state index in [1.807, 2.05) is 18.2 Å². The summed E-state index contributed by atoms with van der Waals surface area (Å²) in [6.45, 7) is 5.01. The molecule has 9 nitrogen and oxygen atoms in total. The van der Waals surface area contributed by atoms with E-state index in [1.54, 1.807) is 68.9 Å². The molecule has 2 aromatic heterocycles. The highest BCUT2D eigenvalue weighted by Crippen LogP contribution is 2.38. The third kappa shape index (κ3) is 6.14. The minimum atomic E-state index is -1.05. The average Bonchev–Trinajstić information content (AvgIpc) is 3.20. The first-order chi connectivity index (χ1) is 20.5. The van der Waals surface area contributed by atoms with Gasteiger partial charge in [0.2, 0.25) is 0 Å². The number of hydrogen-bond donors (Lipinski definition) is 1. The quantitative estimate of drug-likeness (QED) is 0.214. The Morgan fingerprint density at radius 2 is 1.74 bits per heavy atom. The Bertz CT molecular complexity index is 1870. The van der Waals surface area contributed by atoms with Crippen LogP contribution in [0.4, 0.5) is 4.39 Å². The van der Waals surface area contributed by atoms with Crippen molar-refractivity contribution in [3.63, 3.8) is 0 Å². The van der Waals surface area contributed by atoms with Crippen LogP contribution in [-0.4, -0.2) is 44.6 Å². The molecule has 3 aromatic carbocycles. The number of aliphatic hydroxyl groups is 1. The van der Waals surface area contributed by atoms with Crippen LogP contribution in [0.2, 0.25) is 0 Å². The number of pyridine rings is 1. The maximum absolute atomic E-state index is 15.3. The standard InChI is InChI=1S/C33H32FN3O6/c1-20-31(32(39)37(36(20)4)22-9-7-6-8-10-22)26(38)16-21-11-12-28(24(34)15-21)43-27-13-14-35-25-18-30(42-19-33(2,3)40)29(41-5)17-23(25)27/h6-15,17-18,40H,16,19H2,1-5H3. The summed E-state index contributed by atoms with van der Waals surface area (Å²) in [5, 5.41) is 10.6. The number of halogens is 1. The smallest absolute Gasteiger partial charge is 0.282 e. The van der Waals surface area contributed by atoms with Crippen molar-refractivity contribution in [2.24, 2.45) is 7.05 Å². The van der Waals surface area contributed by atoms with E-state index in [9.17, 15) is 14.7 Å². The van der Waals surface area contributed by atoms with Crippen LogP contribution in [0.15, 0.2) is 77.7 Å². The largest absolute Gasteiger partial charge is 0.493 e. The van der Waals surface area contributed by atoms with Gasteiger partial charge in [0.1, 0.15) is 17.9 Å².